The molecule has 1 unspecified atom stereocenters. The monoisotopic (exact) mass is 486 g/mol. The summed E-state index contributed by atoms with van der Waals surface area (Å²) in [6, 6.07) is 24.7. The molecule has 1 amide bonds. The fourth-order valence-corrected chi connectivity index (χ4v) is 3.92. The summed E-state index contributed by atoms with van der Waals surface area (Å²) in [6.45, 7) is 0.550. The van der Waals surface area contributed by atoms with Crippen molar-refractivity contribution in [3.63, 3.8) is 0 Å². The Hall–Kier alpha value is -4.23. The van der Waals surface area contributed by atoms with E-state index in [-0.39, 0.29) is 24.4 Å². The van der Waals surface area contributed by atoms with E-state index < -0.39 is 0 Å². The molecule has 5 rings (SSSR count). The third kappa shape index (κ3) is 6.06. The molecule has 1 atom stereocenters. The molecule has 4 aromatic rings. The lowest BCUT2D eigenvalue weighted by molar-refractivity contribution is 0.0923. The second kappa shape index (κ2) is 12.0. The van der Waals surface area contributed by atoms with Crippen LogP contribution in [0.15, 0.2) is 91.1 Å². The molecular weight excluding hydrogens is 459 g/mol. The average molecular weight is 487 g/mol. The second-order valence-corrected chi connectivity index (χ2v) is 8.10. The summed E-state index contributed by atoms with van der Waals surface area (Å²) >= 11 is 0. The first-order valence-corrected chi connectivity index (χ1v) is 11.6. The van der Waals surface area contributed by atoms with Gasteiger partial charge < -0.3 is 19.9 Å². The van der Waals surface area contributed by atoms with Crippen LogP contribution in [0.2, 0.25) is 0 Å². The number of amides is 1. The van der Waals surface area contributed by atoms with E-state index >= 15 is 0 Å². The summed E-state index contributed by atoms with van der Waals surface area (Å²) in [5.41, 5.74) is 4.19. The molecule has 6 nitrogen and oxygen atoms in total. The van der Waals surface area contributed by atoms with E-state index in [1.165, 1.54) is 24.3 Å². The third-order valence-electron chi connectivity index (χ3n) is 5.77. The number of aliphatic hydroxyl groups is 1. The number of carbonyl (C=O) groups excluding carboxylic acids is 1. The number of aliphatic hydroxyl groups excluding tert-OH is 1. The van der Waals surface area contributed by atoms with Gasteiger partial charge in [0, 0.05) is 18.2 Å². The quantitative estimate of drug-likeness (QED) is 0.399. The Morgan fingerprint density at radius 1 is 1.08 bits per heavy atom. The van der Waals surface area contributed by atoms with Crippen LogP contribution in [-0.4, -0.2) is 29.7 Å². The Morgan fingerprint density at radius 2 is 1.86 bits per heavy atom. The molecule has 36 heavy (non-hydrogen) atoms. The molecule has 1 aromatic heterocycles. The van der Waals surface area contributed by atoms with E-state index in [9.17, 15) is 14.3 Å². The molecule has 0 spiro atoms. The van der Waals surface area contributed by atoms with Crippen molar-refractivity contribution in [2.75, 3.05) is 13.7 Å². The van der Waals surface area contributed by atoms with Crippen LogP contribution in [0.25, 0.3) is 11.1 Å². The maximum atomic E-state index is 12.8. The van der Waals surface area contributed by atoms with Gasteiger partial charge in [-0.05, 0) is 65.2 Å². The molecule has 0 aliphatic carbocycles. The number of benzene rings is 3. The van der Waals surface area contributed by atoms with Crippen LogP contribution in [0, 0.1) is 5.82 Å². The number of halogens is 1. The van der Waals surface area contributed by atoms with Crippen LogP contribution < -0.4 is 14.8 Å². The van der Waals surface area contributed by atoms with Crippen molar-refractivity contribution in [2.45, 2.75) is 19.1 Å². The predicted octanol–water partition coefficient (Wildman–Crippen LogP) is 5.33. The minimum absolute atomic E-state index is 0.0153. The minimum atomic E-state index is -0.361. The number of fused-ring (bicyclic) bond motifs is 1. The van der Waals surface area contributed by atoms with E-state index in [1.807, 2.05) is 54.6 Å². The maximum Gasteiger partial charge on any atom is 0.251 e. The third-order valence-corrected chi connectivity index (χ3v) is 5.77. The van der Waals surface area contributed by atoms with Gasteiger partial charge in [-0.2, -0.15) is 0 Å². The summed E-state index contributed by atoms with van der Waals surface area (Å²) < 4.78 is 23.5. The van der Waals surface area contributed by atoms with E-state index in [2.05, 4.69) is 10.3 Å². The number of ether oxygens (including phenoxy) is 2. The molecule has 1 aliphatic heterocycles. The normalized spacial score (nSPS) is 13.9. The first-order valence-electron chi connectivity index (χ1n) is 11.6. The van der Waals surface area contributed by atoms with Crippen molar-refractivity contribution in [1.29, 1.82) is 0 Å². The first kappa shape index (κ1) is 24.9. The van der Waals surface area contributed by atoms with Crippen LogP contribution in [0.3, 0.4) is 0 Å². The van der Waals surface area contributed by atoms with Crippen molar-refractivity contribution < 1.29 is 23.8 Å². The van der Waals surface area contributed by atoms with Gasteiger partial charge in [0.05, 0.1) is 26.4 Å². The maximum absolute atomic E-state index is 12.8. The summed E-state index contributed by atoms with van der Waals surface area (Å²) in [7, 11) is 1.62. The highest BCUT2D eigenvalue weighted by molar-refractivity contribution is 5.94. The lowest BCUT2D eigenvalue weighted by Crippen LogP contribution is -2.32. The molecule has 0 bridgehead atoms. The van der Waals surface area contributed by atoms with Crippen molar-refractivity contribution in [3.05, 3.63) is 114 Å². The van der Waals surface area contributed by atoms with Gasteiger partial charge in [-0.15, -0.1) is 0 Å². The topological polar surface area (TPSA) is 80.7 Å². The van der Waals surface area contributed by atoms with Gasteiger partial charge in [-0.25, -0.2) is 4.39 Å². The SMILES string of the molecule is COc1ccc(-c2ccccc2)c(CO)c1.O=C(NC1CCOc2cccnc21)c1ccc(F)cc1. The van der Waals surface area contributed by atoms with Crippen LogP contribution >= 0.6 is 0 Å². The number of nitrogens with zero attached hydrogens (tertiary/aromatic N) is 1. The van der Waals surface area contributed by atoms with Crippen molar-refractivity contribution in [1.82, 2.24) is 10.3 Å². The molecule has 1 aliphatic rings. The van der Waals surface area contributed by atoms with Crippen molar-refractivity contribution in [3.8, 4) is 22.6 Å². The van der Waals surface area contributed by atoms with Crippen LogP contribution in [-0.2, 0) is 6.61 Å². The van der Waals surface area contributed by atoms with E-state index in [1.54, 1.807) is 19.4 Å². The van der Waals surface area contributed by atoms with Crippen molar-refractivity contribution in [2.24, 2.45) is 0 Å². The number of rotatable bonds is 5. The number of aromatic nitrogens is 1. The van der Waals surface area contributed by atoms with Gasteiger partial charge in [0.1, 0.15) is 23.0 Å². The molecule has 2 N–H and O–H groups in total. The highest BCUT2D eigenvalue weighted by Gasteiger charge is 2.24. The molecule has 0 radical (unpaired) electrons. The Balaban J connectivity index is 0.000000174. The second-order valence-electron chi connectivity index (χ2n) is 8.10. The zero-order chi connectivity index (χ0) is 25.3. The van der Waals surface area contributed by atoms with E-state index in [0.29, 0.717) is 24.3 Å². The number of methoxy groups -OCH3 is 1. The molecule has 0 saturated carbocycles. The van der Waals surface area contributed by atoms with Gasteiger partial charge >= 0.3 is 0 Å². The standard InChI is InChI=1S/C15H13FN2O2.C14H14O2/c16-11-5-3-10(4-6-11)15(19)18-12-7-9-20-13-2-1-8-17-14(12)13;1-16-13-7-8-14(12(9-13)10-15)11-5-3-2-4-6-11/h1-6,8,12H,7,9H2,(H,18,19);2-9,15H,10H2,1H3. The van der Waals surface area contributed by atoms with Crippen molar-refractivity contribution >= 4 is 5.91 Å². The molecule has 0 saturated heterocycles. The van der Waals surface area contributed by atoms with Gasteiger partial charge in [-0.3, -0.25) is 9.78 Å². The number of nitrogens with one attached hydrogen (secondary N) is 1. The van der Waals surface area contributed by atoms with Crippen LogP contribution in [0.5, 0.6) is 11.5 Å². The summed E-state index contributed by atoms with van der Waals surface area (Å²) in [4.78, 5) is 16.4. The molecular formula is C29H27FN2O4. The predicted molar refractivity (Wildman–Crippen MR) is 135 cm³/mol. The van der Waals surface area contributed by atoms with Gasteiger partial charge in [0.25, 0.3) is 5.91 Å². The van der Waals surface area contributed by atoms with Crippen LogP contribution in [0.4, 0.5) is 4.39 Å². The first-order chi connectivity index (χ1) is 17.6. The molecule has 7 heteroatoms. The Kier molecular flexibility index (Phi) is 8.26. The number of pyridine rings is 1. The fourth-order valence-electron chi connectivity index (χ4n) is 3.92. The average Bonchev–Trinajstić information content (AvgIpc) is 2.94. The number of hydrogen-bond acceptors (Lipinski definition) is 5. The summed E-state index contributed by atoms with van der Waals surface area (Å²) in [5, 5.41) is 12.3. The number of hydrogen-bond donors (Lipinski definition) is 2. The molecule has 0 fully saturated rings. The largest absolute Gasteiger partial charge is 0.497 e. The zero-order valence-corrected chi connectivity index (χ0v) is 19.9. The lowest BCUT2D eigenvalue weighted by atomic mass is 10.00. The van der Waals surface area contributed by atoms with E-state index in [0.717, 1.165) is 28.1 Å². The Bertz CT molecular complexity index is 1300. The van der Waals surface area contributed by atoms with Gasteiger partial charge in [0.15, 0.2) is 0 Å². The smallest absolute Gasteiger partial charge is 0.251 e. The highest BCUT2D eigenvalue weighted by Crippen LogP contribution is 2.30. The minimum Gasteiger partial charge on any atom is -0.497 e. The summed E-state index contributed by atoms with van der Waals surface area (Å²) in [6.07, 6.45) is 2.33. The highest BCUT2D eigenvalue weighted by atomic mass is 19.1. The Labute approximate surface area is 209 Å². The van der Waals surface area contributed by atoms with Crippen LogP contribution in [0.1, 0.15) is 34.1 Å². The summed E-state index contributed by atoms with van der Waals surface area (Å²) in [5.74, 6) is 0.861. The lowest BCUT2D eigenvalue weighted by Gasteiger charge is -2.25. The zero-order valence-electron chi connectivity index (χ0n) is 19.9. The number of carbonyl (C=O) groups is 1. The fraction of sp³-hybridized carbons (Fsp3) is 0.172. The molecule has 3 aromatic carbocycles. The van der Waals surface area contributed by atoms with Gasteiger partial charge in [0.2, 0.25) is 0 Å². The molecule has 2 heterocycles. The van der Waals surface area contributed by atoms with E-state index in [4.69, 9.17) is 9.47 Å². The molecule has 184 valence electrons. The Morgan fingerprint density at radius 3 is 2.58 bits per heavy atom. The van der Waals surface area contributed by atoms with Gasteiger partial charge in [-0.1, -0.05) is 36.4 Å².